The zero-order valence-corrected chi connectivity index (χ0v) is 19.0. The van der Waals surface area contributed by atoms with Gasteiger partial charge in [-0.25, -0.2) is 18.1 Å². The Balaban J connectivity index is 1.82. The topological polar surface area (TPSA) is 105 Å². The summed E-state index contributed by atoms with van der Waals surface area (Å²) in [5.41, 5.74) is 1.67. The summed E-state index contributed by atoms with van der Waals surface area (Å²) in [6, 6.07) is 14.0. The number of hydrogen-bond acceptors (Lipinski definition) is 7. The fraction of sp³-hybridized carbons (Fsp3) is 0.273. The third-order valence-electron chi connectivity index (χ3n) is 4.17. The molecule has 0 bridgehead atoms. The molecule has 9 heteroatoms. The molecule has 0 saturated heterocycles. The molecule has 164 valence electrons. The highest BCUT2D eigenvalue weighted by Gasteiger charge is 2.22. The van der Waals surface area contributed by atoms with Crippen LogP contribution in [0.3, 0.4) is 0 Å². The zero-order chi connectivity index (χ0) is 22.6. The fourth-order valence-corrected chi connectivity index (χ4v) is 4.24. The highest BCUT2D eigenvalue weighted by Crippen LogP contribution is 2.24. The number of benzene rings is 2. The largest absolute Gasteiger partial charge is 0.497 e. The molecule has 0 radical (unpaired) electrons. The van der Waals surface area contributed by atoms with Crippen molar-refractivity contribution in [3.63, 3.8) is 0 Å². The minimum atomic E-state index is -3.64. The molecule has 0 saturated carbocycles. The van der Waals surface area contributed by atoms with Crippen LogP contribution >= 0.6 is 0 Å². The molecule has 2 aromatic carbocycles. The maximum atomic E-state index is 12.6. The molecule has 3 rings (SSSR count). The molecule has 0 aliphatic carbocycles. The average molecular weight is 442 g/mol. The predicted molar refractivity (Wildman–Crippen MR) is 123 cm³/mol. The van der Waals surface area contributed by atoms with Crippen molar-refractivity contribution in [1.29, 1.82) is 0 Å². The monoisotopic (exact) mass is 441 g/mol. The molecule has 8 nitrogen and oxygen atoms in total. The molecule has 31 heavy (non-hydrogen) atoms. The molecular weight excluding hydrogens is 414 g/mol. The third kappa shape index (κ3) is 6.16. The second-order valence-electron chi connectivity index (χ2n) is 8.09. The van der Waals surface area contributed by atoms with E-state index in [-0.39, 0.29) is 4.90 Å². The van der Waals surface area contributed by atoms with Crippen LogP contribution in [0.15, 0.2) is 59.6 Å². The molecule has 3 N–H and O–H groups in total. The Bertz CT molecular complexity index is 1160. The lowest BCUT2D eigenvalue weighted by molar-refractivity contribution is 0.415. The lowest BCUT2D eigenvalue weighted by atomic mass is 10.1. The Labute approximate surface area is 183 Å². The van der Waals surface area contributed by atoms with E-state index in [0.717, 1.165) is 17.0 Å². The highest BCUT2D eigenvalue weighted by molar-refractivity contribution is 7.89. The Morgan fingerprint density at radius 2 is 1.68 bits per heavy atom. The van der Waals surface area contributed by atoms with E-state index >= 15 is 0 Å². The van der Waals surface area contributed by atoms with E-state index in [0.29, 0.717) is 17.5 Å². The number of methoxy groups -OCH3 is 1. The van der Waals surface area contributed by atoms with Crippen molar-refractivity contribution in [2.45, 2.75) is 38.1 Å². The normalized spacial score (nSPS) is 11.8. The summed E-state index contributed by atoms with van der Waals surface area (Å²) in [4.78, 5) is 9.02. The summed E-state index contributed by atoms with van der Waals surface area (Å²) in [5.74, 6) is 1.74. The number of ether oxygens (including phenoxy) is 1. The molecule has 1 aromatic heterocycles. The van der Waals surface area contributed by atoms with Crippen LogP contribution in [-0.4, -0.2) is 31.0 Å². The molecule has 1 heterocycles. The Morgan fingerprint density at radius 3 is 2.32 bits per heavy atom. The summed E-state index contributed by atoms with van der Waals surface area (Å²) in [5, 5.41) is 6.33. The van der Waals surface area contributed by atoms with Gasteiger partial charge in [-0.2, -0.15) is 4.98 Å². The third-order valence-corrected chi connectivity index (χ3v) is 5.92. The first-order chi connectivity index (χ1) is 14.6. The number of rotatable bonds is 7. The fourth-order valence-electron chi connectivity index (χ4n) is 2.77. The van der Waals surface area contributed by atoms with Crippen molar-refractivity contribution < 1.29 is 13.2 Å². The molecule has 3 aromatic rings. The van der Waals surface area contributed by atoms with Gasteiger partial charge in [-0.1, -0.05) is 6.07 Å². The first-order valence-electron chi connectivity index (χ1n) is 9.71. The van der Waals surface area contributed by atoms with Crippen molar-refractivity contribution in [2.24, 2.45) is 0 Å². The lowest BCUT2D eigenvalue weighted by Gasteiger charge is -2.20. The average Bonchev–Trinajstić information content (AvgIpc) is 2.69. The zero-order valence-electron chi connectivity index (χ0n) is 18.2. The molecule has 0 unspecified atom stereocenters. The number of sulfonamides is 1. The van der Waals surface area contributed by atoms with Crippen LogP contribution < -0.4 is 20.1 Å². The molecule has 0 atom stereocenters. The first kappa shape index (κ1) is 22.5. The maximum Gasteiger partial charge on any atom is 0.241 e. The number of aryl methyl sites for hydroxylation is 1. The van der Waals surface area contributed by atoms with Gasteiger partial charge in [0.15, 0.2) is 0 Å². The van der Waals surface area contributed by atoms with E-state index in [1.54, 1.807) is 58.3 Å². The van der Waals surface area contributed by atoms with Gasteiger partial charge in [-0.3, -0.25) is 0 Å². The van der Waals surface area contributed by atoms with E-state index < -0.39 is 15.6 Å². The molecule has 0 spiro atoms. The summed E-state index contributed by atoms with van der Waals surface area (Å²) >= 11 is 0. The van der Waals surface area contributed by atoms with Gasteiger partial charge in [0.1, 0.15) is 11.6 Å². The van der Waals surface area contributed by atoms with Gasteiger partial charge in [-0.05, 0) is 70.2 Å². The van der Waals surface area contributed by atoms with Crippen LogP contribution in [0.4, 0.5) is 23.1 Å². The van der Waals surface area contributed by atoms with Gasteiger partial charge in [0.25, 0.3) is 0 Å². The Hall–Kier alpha value is -3.17. The SMILES string of the molecule is COc1ccc(Nc2ncc(C)c(Nc3cccc(S(=O)(=O)NC(C)(C)C)c3)n2)cc1. The second kappa shape index (κ2) is 8.91. The molecule has 0 aliphatic rings. The van der Waals surface area contributed by atoms with E-state index in [1.165, 1.54) is 0 Å². The van der Waals surface area contributed by atoms with Gasteiger partial charge in [-0.15, -0.1) is 0 Å². The minimum Gasteiger partial charge on any atom is -0.497 e. The maximum absolute atomic E-state index is 12.6. The number of hydrogen-bond donors (Lipinski definition) is 3. The van der Waals surface area contributed by atoms with Crippen LogP contribution in [-0.2, 0) is 10.0 Å². The summed E-state index contributed by atoms with van der Waals surface area (Å²) < 4.78 is 33.1. The summed E-state index contributed by atoms with van der Waals surface area (Å²) in [6.45, 7) is 7.28. The van der Waals surface area contributed by atoms with E-state index in [2.05, 4.69) is 25.3 Å². The van der Waals surface area contributed by atoms with Crippen LogP contribution in [0.2, 0.25) is 0 Å². The highest BCUT2D eigenvalue weighted by atomic mass is 32.2. The van der Waals surface area contributed by atoms with Crippen molar-refractivity contribution in [1.82, 2.24) is 14.7 Å². The summed E-state index contributed by atoms with van der Waals surface area (Å²) in [7, 11) is -2.03. The Morgan fingerprint density at radius 1 is 0.968 bits per heavy atom. The molecule has 0 amide bonds. The molecule has 0 fully saturated rings. The quantitative estimate of drug-likeness (QED) is 0.500. The van der Waals surface area contributed by atoms with Crippen molar-refractivity contribution in [3.05, 3.63) is 60.3 Å². The van der Waals surface area contributed by atoms with Crippen LogP contribution in [0.5, 0.6) is 5.75 Å². The van der Waals surface area contributed by atoms with Crippen molar-refractivity contribution in [2.75, 3.05) is 17.7 Å². The van der Waals surface area contributed by atoms with Crippen molar-refractivity contribution >= 4 is 33.2 Å². The van der Waals surface area contributed by atoms with Gasteiger partial charge in [0.05, 0.1) is 12.0 Å². The Kier molecular flexibility index (Phi) is 6.47. The minimum absolute atomic E-state index is 0.177. The molecular formula is C22H27N5O3S. The van der Waals surface area contributed by atoms with Crippen LogP contribution in [0.25, 0.3) is 0 Å². The van der Waals surface area contributed by atoms with Crippen molar-refractivity contribution in [3.8, 4) is 5.75 Å². The van der Waals surface area contributed by atoms with Crippen LogP contribution in [0, 0.1) is 6.92 Å². The molecule has 0 aliphatic heterocycles. The van der Waals surface area contributed by atoms with E-state index in [1.807, 2.05) is 31.2 Å². The number of aromatic nitrogens is 2. The van der Waals surface area contributed by atoms with E-state index in [9.17, 15) is 8.42 Å². The first-order valence-corrected chi connectivity index (χ1v) is 11.2. The number of nitrogens with zero attached hydrogens (tertiary/aromatic N) is 2. The lowest BCUT2D eigenvalue weighted by Crippen LogP contribution is -2.40. The second-order valence-corrected chi connectivity index (χ2v) is 9.77. The van der Waals surface area contributed by atoms with E-state index in [4.69, 9.17) is 4.74 Å². The standard InChI is InChI=1S/C22H27N5O3S/c1-15-14-23-21(25-16-9-11-18(30-5)12-10-16)26-20(15)24-17-7-6-8-19(13-17)31(28,29)27-22(2,3)4/h6-14,27H,1-5H3,(H2,23,24,25,26). The van der Waals surface area contributed by atoms with Gasteiger partial charge >= 0.3 is 0 Å². The van der Waals surface area contributed by atoms with Crippen LogP contribution in [0.1, 0.15) is 26.3 Å². The smallest absolute Gasteiger partial charge is 0.241 e. The predicted octanol–water partition coefficient (Wildman–Crippen LogP) is 4.36. The van der Waals surface area contributed by atoms with Gasteiger partial charge in [0.2, 0.25) is 16.0 Å². The summed E-state index contributed by atoms with van der Waals surface area (Å²) in [6.07, 6.45) is 1.70. The number of nitrogens with one attached hydrogen (secondary N) is 3. The number of anilines is 4. The van der Waals surface area contributed by atoms with Gasteiger partial charge < -0.3 is 15.4 Å². The van der Waals surface area contributed by atoms with Gasteiger partial charge in [0, 0.05) is 28.7 Å².